The fourth-order valence-corrected chi connectivity index (χ4v) is 2.94. The first kappa shape index (κ1) is 16.8. The van der Waals surface area contributed by atoms with Gasteiger partial charge in [-0.15, -0.1) is 0 Å². The Bertz CT molecular complexity index is 343. The third-order valence-electron chi connectivity index (χ3n) is 4.89. The van der Waals surface area contributed by atoms with Gasteiger partial charge in [0, 0.05) is 26.7 Å². The Kier molecular flexibility index (Phi) is 5.84. The number of carboxylic acid groups (broad SMARTS) is 1. The molecular weight excluding hydrogens is 256 g/mol. The van der Waals surface area contributed by atoms with E-state index in [9.17, 15) is 9.59 Å². The van der Waals surface area contributed by atoms with Gasteiger partial charge in [0.05, 0.1) is 5.92 Å². The summed E-state index contributed by atoms with van der Waals surface area (Å²) in [4.78, 5) is 26.5. The molecule has 0 aromatic carbocycles. The zero-order valence-corrected chi connectivity index (χ0v) is 13.2. The van der Waals surface area contributed by atoms with Crippen molar-refractivity contribution in [1.82, 2.24) is 9.80 Å². The standard InChI is InChI=1S/C15H28N2O3/c1-5-15(6-2)7-9-17(10-8-15)14(20)16(4)11-12(3)13(18)19/h12H,5-11H2,1-4H3,(H,18,19). The molecule has 1 rings (SSSR count). The van der Waals surface area contributed by atoms with E-state index in [-0.39, 0.29) is 12.6 Å². The van der Waals surface area contributed by atoms with Crippen molar-refractivity contribution in [2.24, 2.45) is 11.3 Å². The number of aliphatic carboxylic acids is 1. The van der Waals surface area contributed by atoms with E-state index >= 15 is 0 Å². The molecule has 0 spiro atoms. The van der Waals surface area contributed by atoms with Crippen LogP contribution in [0, 0.1) is 11.3 Å². The third kappa shape index (κ3) is 3.87. The lowest BCUT2D eigenvalue weighted by Crippen LogP contribution is -2.48. The molecule has 1 N–H and O–H groups in total. The molecule has 1 heterocycles. The number of amides is 2. The van der Waals surface area contributed by atoms with Gasteiger partial charge in [-0.3, -0.25) is 4.79 Å². The summed E-state index contributed by atoms with van der Waals surface area (Å²) in [6, 6.07) is -0.0427. The fourth-order valence-electron chi connectivity index (χ4n) is 2.94. The zero-order chi connectivity index (χ0) is 15.3. The number of hydrogen-bond donors (Lipinski definition) is 1. The zero-order valence-electron chi connectivity index (χ0n) is 13.2. The highest BCUT2D eigenvalue weighted by Gasteiger charge is 2.34. The van der Waals surface area contributed by atoms with Crippen molar-refractivity contribution >= 4 is 12.0 Å². The minimum absolute atomic E-state index is 0.0427. The molecule has 0 aliphatic carbocycles. The second-order valence-corrected chi connectivity index (χ2v) is 6.10. The quantitative estimate of drug-likeness (QED) is 0.844. The average molecular weight is 284 g/mol. The second-order valence-electron chi connectivity index (χ2n) is 6.10. The Morgan fingerprint density at radius 2 is 1.75 bits per heavy atom. The number of carbonyl (C=O) groups is 2. The summed E-state index contributed by atoms with van der Waals surface area (Å²) in [6.07, 6.45) is 4.43. The van der Waals surface area contributed by atoms with Crippen LogP contribution in [0.2, 0.25) is 0 Å². The maximum atomic E-state index is 12.3. The summed E-state index contributed by atoms with van der Waals surface area (Å²) in [6.45, 7) is 7.90. The van der Waals surface area contributed by atoms with Gasteiger partial charge < -0.3 is 14.9 Å². The number of carbonyl (C=O) groups excluding carboxylic acids is 1. The molecule has 1 unspecified atom stereocenters. The van der Waals surface area contributed by atoms with Crippen LogP contribution >= 0.6 is 0 Å². The minimum atomic E-state index is -0.862. The van der Waals surface area contributed by atoms with Gasteiger partial charge in [0.15, 0.2) is 0 Å². The third-order valence-corrected chi connectivity index (χ3v) is 4.89. The molecule has 0 radical (unpaired) electrons. The Morgan fingerprint density at radius 3 is 2.15 bits per heavy atom. The molecule has 5 heteroatoms. The molecule has 1 saturated heterocycles. The molecule has 0 saturated carbocycles. The van der Waals surface area contributed by atoms with E-state index < -0.39 is 11.9 Å². The highest BCUT2D eigenvalue weighted by molar-refractivity contribution is 5.76. The van der Waals surface area contributed by atoms with Gasteiger partial charge in [-0.2, -0.15) is 0 Å². The van der Waals surface area contributed by atoms with Crippen LogP contribution in [-0.4, -0.2) is 53.6 Å². The number of hydrogen-bond acceptors (Lipinski definition) is 2. The second kappa shape index (κ2) is 6.95. The number of nitrogens with zero attached hydrogens (tertiary/aromatic N) is 2. The van der Waals surface area contributed by atoms with Crippen molar-refractivity contribution in [2.45, 2.75) is 46.5 Å². The summed E-state index contributed by atoms with van der Waals surface area (Å²) in [7, 11) is 1.68. The van der Waals surface area contributed by atoms with E-state index in [0.29, 0.717) is 5.41 Å². The summed E-state index contributed by atoms with van der Waals surface area (Å²) < 4.78 is 0. The van der Waals surface area contributed by atoms with Gasteiger partial charge in [-0.1, -0.05) is 33.6 Å². The van der Waals surface area contributed by atoms with Gasteiger partial charge in [0.2, 0.25) is 0 Å². The molecule has 0 aromatic heterocycles. The van der Waals surface area contributed by atoms with E-state index in [1.54, 1.807) is 14.0 Å². The van der Waals surface area contributed by atoms with Gasteiger partial charge in [0.25, 0.3) is 0 Å². The number of urea groups is 1. The maximum absolute atomic E-state index is 12.3. The normalized spacial score (nSPS) is 19.5. The largest absolute Gasteiger partial charge is 0.481 e. The van der Waals surface area contributed by atoms with E-state index in [0.717, 1.165) is 38.8 Å². The predicted molar refractivity (Wildman–Crippen MR) is 78.6 cm³/mol. The van der Waals surface area contributed by atoms with Crippen LogP contribution in [0.5, 0.6) is 0 Å². The lowest BCUT2D eigenvalue weighted by Gasteiger charge is -2.42. The van der Waals surface area contributed by atoms with E-state index in [2.05, 4.69) is 13.8 Å². The summed E-state index contributed by atoms with van der Waals surface area (Å²) in [5.74, 6) is -1.39. The molecule has 5 nitrogen and oxygen atoms in total. The molecule has 1 aliphatic rings. The topological polar surface area (TPSA) is 60.9 Å². The van der Waals surface area contributed by atoms with Crippen LogP contribution in [0.25, 0.3) is 0 Å². The van der Waals surface area contributed by atoms with E-state index in [1.165, 1.54) is 4.90 Å². The van der Waals surface area contributed by atoms with Crippen LogP contribution < -0.4 is 0 Å². The summed E-state index contributed by atoms with van der Waals surface area (Å²) >= 11 is 0. The Hall–Kier alpha value is -1.26. The molecule has 0 bridgehead atoms. The molecule has 1 aliphatic heterocycles. The van der Waals surface area contributed by atoms with E-state index in [4.69, 9.17) is 5.11 Å². The Morgan fingerprint density at radius 1 is 1.25 bits per heavy atom. The van der Waals surface area contributed by atoms with Crippen LogP contribution in [0.15, 0.2) is 0 Å². The molecular formula is C15H28N2O3. The van der Waals surface area contributed by atoms with Crippen LogP contribution in [-0.2, 0) is 4.79 Å². The van der Waals surface area contributed by atoms with Crippen molar-refractivity contribution in [1.29, 1.82) is 0 Å². The van der Waals surface area contributed by atoms with Gasteiger partial charge in [-0.05, 0) is 18.3 Å². The highest BCUT2D eigenvalue weighted by Crippen LogP contribution is 2.38. The van der Waals surface area contributed by atoms with Crippen molar-refractivity contribution in [2.75, 3.05) is 26.7 Å². The lowest BCUT2D eigenvalue weighted by atomic mass is 9.74. The van der Waals surface area contributed by atoms with Crippen molar-refractivity contribution < 1.29 is 14.7 Å². The molecule has 1 fully saturated rings. The Balaban J connectivity index is 2.52. The van der Waals surface area contributed by atoms with Crippen LogP contribution in [0.1, 0.15) is 46.5 Å². The van der Waals surface area contributed by atoms with Gasteiger partial charge >= 0.3 is 12.0 Å². The molecule has 20 heavy (non-hydrogen) atoms. The summed E-state index contributed by atoms with van der Waals surface area (Å²) in [5, 5.41) is 8.90. The Labute approximate surface area is 121 Å². The maximum Gasteiger partial charge on any atom is 0.319 e. The first-order valence-corrected chi connectivity index (χ1v) is 7.58. The average Bonchev–Trinajstić information content (AvgIpc) is 2.46. The van der Waals surface area contributed by atoms with E-state index in [1.807, 2.05) is 4.90 Å². The molecule has 0 aromatic rings. The fraction of sp³-hybridized carbons (Fsp3) is 0.867. The predicted octanol–water partition coefficient (Wildman–Crippen LogP) is 2.66. The summed E-state index contributed by atoms with van der Waals surface area (Å²) in [5.41, 5.74) is 0.393. The monoisotopic (exact) mass is 284 g/mol. The molecule has 116 valence electrons. The highest BCUT2D eigenvalue weighted by atomic mass is 16.4. The lowest BCUT2D eigenvalue weighted by molar-refractivity contribution is -0.141. The first-order valence-electron chi connectivity index (χ1n) is 7.58. The molecule has 1 atom stereocenters. The van der Waals surface area contributed by atoms with Gasteiger partial charge in [-0.25, -0.2) is 4.79 Å². The van der Waals surface area contributed by atoms with Gasteiger partial charge in [0.1, 0.15) is 0 Å². The smallest absolute Gasteiger partial charge is 0.319 e. The van der Waals surface area contributed by atoms with Crippen LogP contribution in [0.4, 0.5) is 4.79 Å². The first-order chi connectivity index (χ1) is 9.35. The molecule has 2 amide bonds. The minimum Gasteiger partial charge on any atom is -0.481 e. The number of likely N-dealkylation sites (tertiary alicyclic amines) is 1. The van der Waals surface area contributed by atoms with Crippen molar-refractivity contribution in [3.63, 3.8) is 0 Å². The number of rotatable bonds is 5. The number of piperidine rings is 1. The van der Waals surface area contributed by atoms with Crippen molar-refractivity contribution in [3.8, 4) is 0 Å². The SMILES string of the molecule is CCC1(CC)CCN(C(=O)N(C)CC(C)C(=O)O)CC1. The van der Waals surface area contributed by atoms with Crippen molar-refractivity contribution in [3.05, 3.63) is 0 Å². The number of carboxylic acids is 1. The van der Waals surface area contributed by atoms with Crippen LogP contribution in [0.3, 0.4) is 0 Å².